The fourth-order valence-electron chi connectivity index (χ4n) is 1.41. The van der Waals surface area contributed by atoms with Gasteiger partial charge in [-0.2, -0.15) is 11.8 Å². The number of hydrogen-bond acceptors (Lipinski definition) is 5. The number of nitro groups is 1. The molecule has 1 N–H and O–H groups in total. The maximum atomic E-state index is 13.7. The number of thioether (sulfide) groups is 1. The van der Waals surface area contributed by atoms with Crippen LogP contribution in [-0.4, -0.2) is 30.1 Å². The smallest absolute Gasteiger partial charge is 0.313 e. The predicted molar refractivity (Wildman–Crippen MR) is 75.6 cm³/mol. The SMILES string of the molecule is C=CCSCCNc1cc(OC)c([N+](=O)[O-])cc1F. The van der Waals surface area contributed by atoms with Crippen LogP contribution in [-0.2, 0) is 0 Å². The molecule has 0 radical (unpaired) electrons. The second-order valence-electron chi connectivity index (χ2n) is 3.55. The normalized spacial score (nSPS) is 10.0. The largest absolute Gasteiger partial charge is 0.490 e. The molecule has 104 valence electrons. The highest BCUT2D eigenvalue weighted by molar-refractivity contribution is 7.99. The first-order valence-electron chi connectivity index (χ1n) is 5.54. The molecule has 0 heterocycles. The average Bonchev–Trinajstić information content (AvgIpc) is 2.39. The monoisotopic (exact) mass is 286 g/mol. The fourth-order valence-corrected chi connectivity index (χ4v) is 1.99. The third kappa shape index (κ3) is 4.44. The van der Waals surface area contributed by atoms with Crippen molar-refractivity contribution in [2.75, 3.05) is 30.5 Å². The maximum absolute atomic E-state index is 13.7. The van der Waals surface area contributed by atoms with Gasteiger partial charge < -0.3 is 10.1 Å². The van der Waals surface area contributed by atoms with Gasteiger partial charge in [-0.3, -0.25) is 10.1 Å². The summed E-state index contributed by atoms with van der Waals surface area (Å²) in [6.45, 7) is 4.15. The number of methoxy groups -OCH3 is 1. The summed E-state index contributed by atoms with van der Waals surface area (Å²) in [6.07, 6.45) is 1.79. The standard InChI is InChI=1S/C12H15FN2O3S/c1-3-5-19-6-4-14-10-8-12(18-2)11(15(16)17)7-9(10)13/h3,7-8,14H,1,4-6H2,2H3. The van der Waals surface area contributed by atoms with Crippen molar-refractivity contribution in [3.05, 3.63) is 40.7 Å². The zero-order chi connectivity index (χ0) is 14.3. The molecule has 1 aromatic rings. The van der Waals surface area contributed by atoms with Crippen molar-refractivity contribution in [3.8, 4) is 5.75 Å². The molecule has 0 bridgehead atoms. The van der Waals surface area contributed by atoms with Crippen LogP contribution in [0.25, 0.3) is 0 Å². The van der Waals surface area contributed by atoms with E-state index >= 15 is 0 Å². The fraction of sp³-hybridized carbons (Fsp3) is 0.333. The predicted octanol–water partition coefficient (Wildman–Crippen LogP) is 3.07. The number of rotatable bonds is 8. The first-order valence-corrected chi connectivity index (χ1v) is 6.70. The van der Waals surface area contributed by atoms with Crippen LogP contribution in [0.2, 0.25) is 0 Å². The average molecular weight is 286 g/mol. The lowest BCUT2D eigenvalue weighted by molar-refractivity contribution is -0.385. The van der Waals surface area contributed by atoms with E-state index in [0.717, 1.165) is 17.6 Å². The molecule has 19 heavy (non-hydrogen) atoms. The Morgan fingerprint density at radius 1 is 1.63 bits per heavy atom. The third-order valence-corrected chi connectivity index (χ3v) is 3.23. The minimum Gasteiger partial charge on any atom is -0.490 e. The topological polar surface area (TPSA) is 64.4 Å². The Balaban J connectivity index is 2.73. The molecule has 5 nitrogen and oxygen atoms in total. The molecule has 0 aliphatic rings. The zero-order valence-corrected chi connectivity index (χ0v) is 11.3. The number of ether oxygens (including phenoxy) is 1. The molecule has 0 fully saturated rings. The highest BCUT2D eigenvalue weighted by Crippen LogP contribution is 2.32. The molecule has 0 spiro atoms. The van der Waals surface area contributed by atoms with E-state index < -0.39 is 10.7 Å². The molecule has 1 aromatic carbocycles. The lowest BCUT2D eigenvalue weighted by Gasteiger charge is -2.09. The number of hydrogen-bond donors (Lipinski definition) is 1. The van der Waals surface area contributed by atoms with Gasteiger partial charge in [0.05, 0.1) is 23.8 Å². The maximum Gasteiger partial charge on any atom is 0.313 e. The molecule has 0 aromatic heterocycles. The van der Waals surface area contributed by atoms with E-state index in [2.05, 4.69) is 11.9 Å². The van der Waals surface area contributed by atoms with Crippen LogP contribution in [0.5, 0.6) is 5.75 Å². The quantitative estimate of drug-likeness (QED) is 0.344. The Morgan fingerprint density at radius 3 is 2.95 bits per heavy atom. The highest BCUT2D eigenvalue weighted by Gasteiger charge is 2.18. The van der Waals surface area contributed by atoms with Gasteiger partial charge in [-0.05, 0) is 0 Å². The summed E-state index contributed by atoms with van der Waals surface area (Å²) in [7, 11) is 1.31. The van der Waals surface area contributed by atoms with Gasteiger partial charge in [-0.1, -0.05) is 6.08 Å². The first kappa shape index (κ1) is 15.3. The Hall–Kier alpha value is -1.76. The van der Waals surface area contributed by atoms with Crippen LogP contribution in [0.3, 0.4) is 0 Å². The first-order chi connectivity index (χ1) is 9.10. The van der Waals surface area contributed by atoms with E-state index in [1.165, 1.54) is 13.2 Å². The van der Waals surface area contributed by atoms with Gasteiger partial charge in [-0.25, -0.2) is 4.39 Å². The van der Waals surface area contributed by atoms with E-state index in [0.29, 0.717) is 6.54 Å². The molecule has 0 saturated carbocycles. The minimum absolute atomic E-state index is 0.0349. The van der Waals surface area contributed by atoms with Crippen molar-refractivity contribution in [2.24, 2.45) is 0 Å². The summed E-state index contributed by atoms with van der Waals surface area (Å²) in [4.78, 5) is 10.0. The minimum atomic E-state index is -0.675. The molecular formula is C12H15FN2O3S. The number of nitrogens with zero attached hydrogens (tertiary/aromatic N) is 1. The van der Waals surface area contributed by atoms with E-state index in [1.54, 1.807) is 17.8 Å². The van der Waals surface area contributed by atoms with Crippen LogP contribution in [0.4, 0.5) is 15.8 Å². The molecular weight excluding hydrogens is 271 g/mol. The van der Waals surface area contributed by atoms with Crippen LogP contribution in [0.1, 0.15) is 0 Å². The van der Waals surface area contributed by atoms with Crippen molar-refractivity contribution in [1.29, 1.82) is 0 Å². The van der Waals surface area contributed by atoms with Gasteiger partial charge in [0.25, 0.3) is 0 Å². The second kappa shape index (κ2) is 7.63. The van der Waals surface area contributed by atoms with Crippen molar-refractivity contribution >= 4 is 23.1 Å². The molecule has 1 rings (SSSR count). The Morgan fingerprint density at radius 2 is 2.37 bits per heavy atom. The van der Waals surface area contributed by atoms with Crippen molar-refractivity contribution in [2.45, 2.75) is 0 Å². The molecule has 0 saturated heterocycles. The molecule has 0 atom stereocenters. The Kier molecular flexibility index (Phi) is 6.14. The summed E-state index contributed by atoms with van der Waals surface area (Å²) in [5, 5.41) is 13.6. The van der Waals surface area contributed by atoms with Gasteiger partial charge in [0.2, 0.25) is 0 Å². The lowest BCUT2D eigenvalue weighted by atomic mass is 10.2. The van der Waals surface area contributed by atoms with Gasteiger partial charge in [0, 0.05) is 24.1 Å². The molecule has 0 amide bonds. The lowest BCUT2D eigenvalue weighted by Crippen LogP contribution is -2.07. The van der Waals surface area contributed by atoms with Crippen molar-refractivity contribution in [1.82, 2.24) is 0 Å². The number of nitrogens with one attached hydrogen (secondary N) is 1. The zero-order valence-electron chi connectivity index (χ0n) is 10.5. The Bertz CT molecular complexity index is 469. The summed E-state index contributed by atoms with van der Waals surface area (Å²) in [5.41, 5.74) is -0.187. The summed E-state index contributed by atoms with van der Waals surface area (Å²) < 4.78 is 18.5. The van der Waals surface area contributed by atoms with Gasteiger partial charge in [-0.15, -0.1) is 6.58 Å². The highest BCUT2D eigenvalue weighted by atomic mass is 32.2. The summed E-state index contributed by atoms with van der Waals surface area (Å²) >= 11 is 1.65. The van der Waals surface area contributed by atoms with Gasteiger partial charge in [0.15, 0.2) is 11.6 Å². The number of anilines is 1. The number of nitro benzene ring substituents is 1. The van der Waals surface area contributed by atoms with Gasteiger partial charge in [0.1, 0.15) is 0 Å². The van der Waals surface area contributed by atoms with Crippen LogP contribution in [0.15, 0.2) is 24.8 Å². The second-order valence-corrected chi connectivity index (χ2v) is 4.70. The molecule has 7 heteroatoms. The number of benzene rings is 1. The number of halogens is 1. The summed E-state index contributed by atoms with van der Waals surface area (Å²) in [5.74, 6) is 0.979. The van der Waals surface area contributed by atoms with E-state index in [-0.39, 0.29) is 17.1 Å². The van der Waals surface area contributed by atoms with Gasteiger partial charge >= 0.3 is 5.69 Å². The molecule has 0 aliphatic carbocycles. The van der Waals surface area contributed by atoms with E-state index in [1.807, 2.05) is 0 Å². The molecule has 0 aliphatic heterocycles. The summed E-state index contributed by atoms with van der Waals surface area (Å²) in [6, 6.07) is 2.16. The molecule has 0 unspecified atom stereocenters. The van der Waals surface area contributed by atoms with Crippen molar-refractivity contribution < 1.29 is 14.1 Å². The van der Waals surface area contributed by atoms with Crippen molar-refractivity contribution in [3.63, 3.8) is 0 Å². The Labute approximate surface area is 115 Å². The third-order valence-electron chi connectivity index (χ3n) is 2.26. The van der Waals surface area contributed by atoms with E-state index in [9.17, 15) is 14.5 Å². The van der Waals surface area contributed by atoms with E-state index in [4.69, 9.17) is 4.74 Å². The van der Waals surface area contributed by atoms with Crippen LogP contribution < -0.4 is 10.1 Å². The van der Waals surface area contributed by atoms with Crippen LogP contribution in [0, 0.1) is 15.9 Å². The van der Waals surface area contributed by atoms with Crippen LogP contribution >= 0.6 is 11.8 Å².